The molecule has 1 aliphatic rings. The lowest BCUT2D eigenvalue weighted by atomic mass is 9.61. The van der Waals surface area contributed by atoms with E-state index in [-0.39, 0.29) is 12.0 Å². The first-order valence-corrected chi connectivity index (χ1v) is 8.15. The van der Waals surface area contributed by atoms with E-state index in [2.05, 4.69) is 13.8 Å². The Labute approximate surface area is 153 Å². The van der Waals surface area contributed by atoms with Crippen LogP contribution in [0.1, 0.15) is 49.7 Å². The van der Waals surface area contributed by atoms with E-state index in [9.17, 15) is 19.2 Å². The zero-order chi connectivity index (χ0) is 19.9. The molecule has 2 atom stereocenters. The van der Waals surface area contributed by atoms with E-state index in [1.54, 1.807) is 0 Å². The number of nitrogens with two attached hydrogens (primary N) is 1. The van der Waals surface area contributed by atoms with Crippen molar-refractivity contribution in [3.05, 3.63) is 32.6 Å². The summed E-state index contributed by atoms with van der Waals surface area (Å²) in [4.78, 5) is 47.2. The number of nitrogens with one attached hydrogen (secondary N) is 1. The Hall–Kier alpha value is -2.13. The van der Waals surface area contributed by atoms with E-state index >= 15 is 0 Å². The number of ether oxygens (including phenoxy) is 2. The molecule has 3 N–H and O–H groups in total. The maximum Gasteiger partial charge on any atom is 0.330 e. The maximum absolute atomic E-state index is 11.8. The fourth-order valence-electron chi connectivity index (χ4n) is 2.26. The second kappa shape index (κ2) is 9.54. The highest BCUT2D eigenvalue weighted by atomic mass is 16.6. The molecule has 9 nitrogen and oxygen atoms in total. The first-order chi connectivity index (χ1) is 12.2. The van der Waals surface area contributed by atoms with Gasteiger partial charge < -0.3 is 15.2 Å². The van der Waals surface area contributed by atoms with Crippen molar-refractivity contribution in [3.63, 3.8) is 0 Å². The topological polar surface area (TPSA) is 133 Å². The van der Waals surface area contributed by atoms with E-state index in [1.807, 2.05) is 4.98 Å². The lowest BCUT2D eigenvalue weighted by Crippen LogP contribution is -2.48. The zero-order valence-electron chi connectivity index (χ0n) is 14.8. The van der Waals surface area contributed by atoms with Gasteiger partial charge >= 0.3 is 11.7 Å². The van der Waals surface area contributed by atoms with Crippen LogP contribution in [0.4, 0.5) is 0 Å². The minimum Gasteiger partial charge on any atom is -0.476 e. The summed E-state index contributed by atoms with van der Waals surface area (Å²) in [5.74, 6) is -0.800. The summed E-state index contributed by atoms with van der Waals surface area (Å²) in [5.41, 5.74) is 3.36. The highest BCUT2D eigenvalue weighted by molar-refractivity contribution is 6.40. The van der Waals surface area contributed by atoms with Crippen molar-refractivity contribution in [3.8, 4) is 0 Å². The number of hydrogen-bond donors (Lipinski definition) is 2. The Bertz CT molecular complexity index is 746. The number of aromatic amines is 1. The largest absolute Gasteiger partial charge is 0.476 e. The average molecular weight is 361 g/mol. The van der Waals surface area contributed by atoms with Gasteiger partial charge in [0, 0.05) is 6.20 Å². The molecule has 26 heavy (non-hydrogen) atoms. The lowest BCUT2D eigenvalue weighted by molar-refractivity contribution is -0.154. The molecule has 0 saturated carbocycles. The first kappa shape index (κ1) is 21.9. The number of H-pyrrole nitrogens is 1. The third-order valence-corrected chi connectivity index (χ3v) is 3.39. The van der Waals surface area contributed by atoms with Crippen LogP contribution in [0.3, 0.4) is 0 Å². The third-order valence-electron chi connectivity index (χ3n) is 3.39. The smallest absolute Gasteiger partial charge is 0.330 e. The second-order valence-corrected chi connectivity index (χ2v) is 5.76. The molecule has 138 valence electrons. The van der Waals surface area contributed by atoms with Crippen LogP contribution in [0, 0.1) is 0 Å². The molecule has 1 saturated heterocycles. The number of carbonyl (C=O) groups is 2. The Morgan fingerprint density at radius 2 is 2.08 bits per heavy atom. The molecule has 1 fully saturated rings. The van der Waals surface area contributed by atoms with E-state index in [1.165, 1.54) is 6.42 Å². The summed E-state index contributed by atoms with van der Waals surface area (Å²) in [6.07, 6.45) is 1.55. The molecule has 0 aliphatic carbocycles. The van der Waals surface area contributed by atoms with Crippen LogP contribution in [0.5, 0.6) is 0 Å². The van der Waals surface area contributed by atoms with Gasteiger partial charge in [-0.1, -0.05) is 20.3 Å². The van der Waals surface area contributed by atoms with Gasteiger partial charge in [-0.3, -0.25) is 23.9 Å². The summed E-state index contributed by atoms with van der Waals surface area (Å²) in [7, 11) is 11.4. The number of rotatable bonds is 5. The van der Waals surface area contributed by atoms with Crippen molar-refractivity contribution in [2.75, 3.05) is 6.54 Å². The molecular weight excluding hydrogens is 340 g/mol. The molecule has 1 aliphatic heterocycles. The number of aromatic nitrogens is 2. The monoisotopic (exact) mass is 361 g/mol. The zero-order valence-corrected chi connectivity index (χ0v) is 14.8. The fourth-order valence-corrected chi connectivity index (χ4v) is 2.26. The van der Waals surface area contributed by atoms with Gasteiger partial charge in [-0.25, -0.2) is 4.79 Å². The van der Waals surface area contributed by atoms with E-state index < -0.39 is 41.5 Å². The summed E-state index contributed by atoms with van der Waals surface area (Å²) >= 11 is 0. The first-order valence-electron chi connectivity index (χ1n) is 8.15. The van der Waals surface area contributed by atoms with Crippen molar-refractivity contribution in [1.82, 2.24) is 9.55 Å². The van der Waals surface area contributed by atoms with Crippen molar-refractivity contribution in [1.29, 1.82) is 0 Å². The van der Waals surface area contributed by atoms with Crippen LogP contribution in [-0.2, 0) is 14.3 Å². The van der Waals surface area contributed by atoms with Crippen LogP contribution >= 0.6 is 0 Å². The van der Waals surface area contributed by atoms with Gasteiger partial charge in [0.2, 0.25) is 0 Å². The molecule has 1 aromatic heterocycles. The quantitative estimate of drug-likeness (QED) is 0.388. The minimum atomic E-state index is -1.91. The van der Waals surface area contributed by atoms with Crippen LogP contribution in [0.25, 0.3) is 0 Å². The van der Waals surface area contributed by atoms with Crippen molar-refractivity contribution >= 4 is 27.9 Å². The standard InChI is InChI=1S/C12H13B2N3O6.C3H8/c13-12(14,23-9(19)3-15)7-1-2-8(22-7)17-4-6(5-18)10(20)16-11(17)21;1-3-2/h4-5,7-8H,1-3,15H2,(H,16,20,21);3H2,1-2H3. The van der Waals surface area contributed by atoms with Gasteiger partial charge in [-0.2, -0.15) is 0 Å². The van der Waals surface area contributed by atoms with Crippen LogP contribution in [0.2, 0.25) is 0 Å². The van der Waals surface area contributed by atoms with Crippen LogP contribution < -0.4 is 17.0 Å². The molecule has 0 bridgehead atoms. The van der Waals surface area contributed by atoms with Crippen molar-refractivity contribution < 1.29 is 19.1 Å². The number of esters is 1. The van der Waals surface area contributed by atoms with E-state index in [4.69, 9.17) is 30.9 Å². The minimum absolute atomic E-state index is 0.224. The number of carbonyl (C=O) groups excluding carboxylic acids is 2. The average Bonchev–Trinajstić information content (AvgIpc) is 3.06. The molecule has 11 heteroatoms. The maximum atomic E-state index is 11.8. The SMILES string of the molecule is CCC.[B]C([B])(OC(=O)CN)C1CCC(n2cc(C=O)c(=O)[nH]c2=O)O1. The molecule has 2 unspecified atom stereocenters. The van der Waals surface area contributed by atoms with Gasteiger partial charge in [0.15, 0.2) is 6.29 Å². The molecular formula is C15H21B2N3O6. The van der Waals surface area contributed by atoms with Gasteiger partial charge in [-0.05, 0) is 12.8 Å². The molecule has 4 radical (unpaired) electrons. The molecule has 0 spiro atoms. The normalized spacial score (nSPS) is 19.3. The number of nitrogens with zero attached hydrogens (tertiary/aromatic N) is 1. The Kier molecular flexibility index (Phi) is 8.04. The molecule has 2 heterocycles. The van der Waals surface area contributed by atoms with Gasteiger partial charge in [0.05, 0.1) is 23.6 Å². The predicted molar refractivity (Wildman–Crippen MR) is 95.2 cm³/mol. The van der Waals surface area contributed by atoms with Crippen LogP contribution in [-0.4, -0.2) is 55.5 Å². The fraction of sp³-hybridized carbons (Fsp3) is 0.600. The predicted octanol–water partition coefficient (Wildman–Crippen LogP) is -1.06. The summed E-state index contributed by atoms with van der Waals surface area (Å²) < 4.78 is 11.4. The second-order valence-electron chi connectivity index (χ2n) is 5.76. The number of aldehydes is 1. The summed E-state index contributed by atoms with van der Waals surface area (Å²) in [6, 6.07) is 0. The molecule has 2 rings (SSSR count). The van der Waals surface area contributed by atoms with Crippen LogP contribution in [0.15, 0.2) is 15.8 Å². The van der Waals surface area contributed by atoms with Crippen molar-refractivity contribution in [2.45, 2.75) is 50.8 Å². The van der Waals surface area contributed by atoms with Gasteiger partial charge in [0.1, 0.15) is 21.9 Å². The van der Waals surface area contributed by atoms with Gasteiger partial charge in [-0.15, -0.1) is 0 Å². The highest BCUT2D eigenvalue weighted by Gasteiger charge is 2.39. The van der Waals surface area contributed by atoms with E-state index in [0.717, 1.165) is 10.8 Å². The summed E-state index contributed by atoms with van der Waals surface area (Å²) in [5, 5.41) is -1.91. The van der Waals surface area contributed by atoms with Gasteiger partial charge in [0.25, 0.3) is 5.56 Å². The summed E-state index contributed by atoms with van der Waals surface area (Å²) in [6.45, 7) is 3.86. The number of hydrogen-bond acceptors (Lipinski definition) is 7. The van der Waals surface area contributed by atoms with Crippen molar-refractivity contribution in [2.24, 2.45) is 5.73 Å². The Morgan fingerprint density at radius 1 is 1.46 bits per heavy atom. The highest BCUT2D eigenvalue weighted by Crippen LogP contribution is 2.32. The Morgan fingerprint density at radius 3 is 2.62 bits per heavy atom. The molecule has 0 aromatic carbocycles. The third kappa shape index (κ3) is 5.43. The molecule has 0 amide bonds. The molecule has 1 aromatic rings. The Balaban J connectivity index is 0.00000105. The van der Waals surface area contributed by atoms with E-state index in [0.29, 0.717) is 12.7 Å². The lowest BCUT2D eigenvalue weighted by Gasteiger charge is -2.32.